The molecule has 0 atom stereocenters. The first-order valence-corrected chi connectivity index (χ1v) is 7.22. The van der Waals surface area contributed by atoms with E-state index in [1.165, 1.54) is 6.20 Å². The normalized spacial score (nSPS) is 24.8. The Hall–Kier alpha value is -1.95. The van der Waals surface area contributed by atoms with Gasteiger partial charge in [-0.3, -0.25) is 9.36 Å². The predicted octanol–water partition coefficient (Wildman–Crippen LogP) is 1.67. The molecule has 0 aromatic carbocycles. The summed E-state index contributed by atoms with van der Waals surface area (Å²) in [4.78, 5) is 20.6. The molecule has 2 aromatic rings. The van der Waals surface area contributed by atoms with Crippen molar-refractivity contribution in [2.75, 3.05) is 6.61 Å². The fraction of sp³-hybridized carbons (Fsp3) is 0.533. The van der Waals surface area contributed by atoms with Gasteiger partial charge in [0.25, 0.3) is 5.56 Å². The molecule has 0 aliphatic heterocycles. The van der Waals surface area contributed by atoms with Gasteiger partial charge in [0.2, 0.25) is 0 Å². The third-order valence-corrected chi connectivity index (χ3v) is 3.79. The smallest absolute Gasteiger partial charge is 0.270 e. The van der Waals surface area contributed by atoms with E-state index in [4.69, 9.17) is 4.74 Å². The molecule has 2 heterocycles. The standard InChI is InChI=1S/C15H19N3O3/c1-3-4-21-11-5-12-14(17-8-11)18(13(19)9-16-12)10-6-15(2,20)7-10/h5,8-10,20H,3-4,6-7H2,1-2H3. The molecule has 1 fully saturated rings. The highest BCUT2D eigenvalue weighted by atomic mass is 16.5. The van der Waals surface area contributed by atoms with E-state index < -0.39 is 5.60 Å². The molecule has 0 amide bonds. The zero-order valence-corrected chi connectivity index (χ0v) is 12.2. The van der Waals surface area contributed by atoms with Gasteiger partial charge in [-0.15, -0.1) is 0 Å². The van der Waals surface area contributed by atoms with Gasteiger partial charge in [-0.05, 0) is 26.2 Å². The molecule has 1 saturated carbocycles. The number of hydrogen-bond donors (Lipinski definition) is 1. The number of aromatic nitrogens is 3. The number of pyridine rings is 1. The summed E-state index contributed by atoms with van der Waals surface area (Å²) >= 11 is 0. The maximum atomic E-state index is 12.1. The second-order valence-corrected chi connectivity index (χ2v) is 5.89. The second kappa shape index (κ2) is 5.11. The maximum Gasteiger partial charge on any atom is 0.270 e. The van der Waals surface area contributed by atoms with Crippen molar-refractivity contribution in [3.05, 3.63) is 28.8 Å². The van der Waals surface area contributed by atoms with Gasteiger partial charge in [-0.25, -0.2) is 9.97 Å². The lowest BCUT2D eigenvalue weighted by Crippen LogP contribution is -2.45. The Morgan fingerprint density at radius 1 is 1.43 bits per heavy atom. The molecule has 0 radical (unpaired) electrons. The average Bonchev–Trinajstić information content (AvgIpc) is 2.42. The maximum absolute atomic E-state index is 12.1. The lowest BCUT2D eigenvalue weighted by atomic mass is 9.77. The zero-order chi connectivity index (χ0) is 15.0. The van der Waals surface area contributed by atoms with E-state index in [-0.39, 0.29) is 11.6 Å². The van der Waals surface area contributed by atoms with Crippen molar-refractivity contribution < 1.29 is 9.84 Å². The summed E-state index contributed by atoms with van der Waals surface area (Å²) in [6.07, 6.45) is 4.96. The van der Waals surface area contributed by atoms with E-state index in [1.807, 2.05) is 6.92 Å². The summed E-state index contributed by atoms with van der Waals surface area (Å²) in [5, 5.41) is 9.88. The SMILES string of the molecule is CCCOc1cnc2c(c1)ncc(=O)n2C1CC(C)(O)C1. The summed E-state index contributed by atoms with van der Waals surface area (Å²) < 4.78 is 7.17. The molecule has 6 heteroatoms. The minimum atomic E-state index is -0.691. The number of hydrogen-bond acceptors (Lipinski definition) is 5. The molecule has 21 heavy (non-hydrogen) atoms. The lowest BCUT2D eigenvalue weighted by Gasteiger charge is -2.41. The molecule has 1 aliphatic carbocycles. The summed E-state index contributed by atoms with van der Waals surface area (Å²) in [5.74, 6) is 0.655. The van der Waals surface area contributed by atoms with Gasteiger partial charge in [0.15, 0.2) is 5.65 Å². The fourth-order valence-corrected chi connectivity index (χ4v) is 2.79. The fourth-order valence-electron chi connectivity index (χ4n) is 2.79. The van der Waals surface area contributed by atoms with Crippen LogP contribution in [0.4, 0.5) is 0 Å². The van der Waals surface area contributed by atoms with Crippen LogP contribution in [0.15, 0.2) is 23.3 Å². The van der Waals surface area contributed by atoms with Crippen LogP contribution in [0.1, 0.15) is 39.2 Å². The number of ether oxygens (including phenoxy) is 1. The Labute approximate surface area is 122 Å². The molecular formula is C15H19N3O3. The molecule has 0 unspecified atom stereocenters. The molecular weight excluding hydrogens is 270 g/mol. The zero-order valence-electron chi connectivity index (χ0n) is 12.2. The Morgan fingerprint density at radius 2 is 2.19 bits per heavy atom. The van der Waals surface area contributed by atoms with Crippen LogP contribution in [-0.2, 0) is 0 Å². The quantitative estimate of drug-likeness (QED) is 0.926. The number of aliphatic hydroxyl groups is 1. The summed E-state index contributed by atoms with van der Waals surface area (Å²) in [5.41, 5.74) is 0.309. The molecule has 112 valence electrons. The molecule has 0 saturated heterocycles. The highest BCUT2D eigenvalue weighted by molar-refractivity contribution is 5.71. The summed E-state index contributed by atoms with van der Waals surface area (Å²) in [7, 11) is 0. The predicted molar refractivity (Wildman–Crippen MR) is 78.5 cm³/mol. The van der Waals surface area contributed by atoms with Crippen molar-refractivity contribution in [2.24, 2.45) is 0 Å². The van der Waals surface area contributed by atoms with E-state index >= 15 is 0 Å². The number of fused-ring (bicyclic) bond motifs is 1. The molecule has 1 N–H and O–H groups in total. The largest absolute Gasteiger partial charge is 0.492 e. The van der Waals surface area contributed by atoms with Gasteiger partial charge in [0, 0.05) is 12.1 Å². The first-order valence-electron chi connectivity index (χ1n) is 7.22. The van der Waals surface area contributed by atoms with Gasteiger partial charge >= 0.3 is 0 Å². The van der Waals surface area contributed by atoms with Crippen molar-refractivity contribution in [1.29, 1.82) is 0 Å². The van der Waals surface area contributed by atoms with E-state index in [2.05, 4.69) is 9.97 Å². The van der Waals surface area contributed by atoms with Gasteiger partial charge in [0.1, 0.15) is 11.3 Å². The summed E-state index contributed by atoms with van der Waals surface area (Å²) in [6, 6.07) is 1.78. The van der Waals surface area contributed by atoms with E-state index in [9.17, 15) is 9.90 Å². The van der Waals surface area contributed by atoms with Gasteiger partial charge in [0.05, 0.1) is 24.6 Å². The Kier molecular flexibility index (Phi) is 3.41. The van der Waals surface area contributed by atoms with E-state index in [1.54, 1.807) is 23.8 Å². The highest BCUT2D eigenvalue weighted by Gasteiger charge is 2.40. The minimum absolute atomic E-state index is 0.0205. The first kappa shape index (κ1) is 14.0. The monoisotopic (exact) mass is 289 g/mol. The van der Waals surface area contributed by atoms with Gasteiger partial charge < -0.3 is 9.84 Å². The molecule has 3 rings (SSSR count). The summed E-state index contributed by atoms with van der Waals surface area (Å²) in [6.45, 7) is 4.44. The van der Waals surface area contributed by atoms with Crippen molar-refractivity contribution in [1.82, 2.24) is 14.5 Å². The number of rotatable bonds is 4. The van der Waals surface area contributed by atoms with Crippen LogP contribution in [0.5, 0.6) is 5.75 Å². The van der Waals surface area contributed by atoms with Gasteiger partial charge in [-0.2, -0.15) is 0 Å². The van der Waals surface area contributed by atoms with Crippen LogP contribution in [0.2, 0.25) is 0 Å². The van der Waals surface area contributed by atoms with Crippen molar-refractivity contribution in [3.8, 4) is 5.75 Å². The van der Waals surface area contributed by atoms with Crippen molar-refractivity contribution >= 4 is 11.2 Å². The lowest BCUT2D eigenvalue weighted by molar-refractivity contribution is -0.0507. The topological polar surface area (TPSA) is 77.2 Å². The van der Waals surface area contributed by atoms with E-state index in [0.717, 1.165) is 6.42 Å². The Bertz CT molecular complexity index is 716. The molecule has 2 aromatic heterocycles. The van der Waals surface area contributed by atoms with Crippen LogP contribution in [0.3, 0.4) is 0 Å². The van der Waals surface area contributed by atoms with Gasteiger partial charge in [-0.1, -0.05) is 6.92 Å². The van der Waals surface area contributed by atoms with Crippen LogP contribution < -0.4 is 10.3 Å². The second-order valence-electron chi connectivity index (χ2n) is 5.89. The molecule has 1 aliphatic rings. The van der Waals surface area contributed by atoms with Crippen LogP contribution in [0, 0.1) is 0 Å². The third kappa shape index (κ3) is 2.63. The highest BCUT2D eigenvalue weighted by Crippen LogP contribution is 2.40. The average molecular weight is 289 g/mol. The first-order chi connectivity index (χ1) is 10.00. The van der Waals surface area contributed by atoms with Crippen molar-refractivity contribution in [3.63, 3.8) is 0 Å². The third-order valence-electron chi connectivity index (χ3n) is 3.79. The Morgan fingerprint density at radius 3 is 2.86 bits per heavy atom. The number of nitrogens with zero attached hydrogens (tertiary/aromatic N) is 3. The minimum Gasteiger partial charge on any atom is -0.492 e. The molecule has 0 bridgehead atoms. The Balaban J connectivity index is 2.00. The van der Waals surface area contributed by atoms with E-state index in [0.29, 0.717) is 36.4 Å². The van der Waals surface area contributed by atoms with Crippen molar-refractivity contribution in [2.45, 2.75) is 44.8 Å². The van der Waals surface area contributed by atoms with Crippen LogP contribution in [0.25, 0.3) is 11.2 Å². The van der Waals surface area contributed by atoms with Crippen LogP contribution >= 0.6 is 0 Å². The molecule has 6 nitrogen and oxygen atoms in total. The van der Waals surface area contributed by atoms with Crippen LogP contribution in [-0.4, -0.2) is 31.8 Å². The molecule has 0 spiro atoms.